The number of allylic oxidation sites excluding steroid dienone is 2. The Labute approximate surface area is 192 Å². The standard InChI is InChI=1S/C28H50O3/c1-3-5-7-9-11-12-13-14-16-18-20-22-28(31)26(25-27(30)23-24-29)21-19-17-15-10-8-6-4-2/h12-13,24,26H,3-11,14-23,25H2,1-2H3. The first-order valence-corrected chi connectivity index (χ1v) is 13.3. The van der Waals surface area contributed by atoms with E-state index in [9.17, 15) is 14.4 Å². The first-order valence-electron chi connectivity index (χ1n) is 13.3. The molecule has 0 aliphatic rings. The quantitative estimate of drug-likeness (QED) is 0.0663. The normalized spacial score (nSPS) is 12.3. The molecule has 0 amide bonds. The lowest BCUT2D eigenvalue weighted by Crippen LogP contribution is -2.19. The van der Waals surface area contributed by atoms with Gasteiger partial charge in [-0.1, -0.05) is 96.6 Å². The van der Waals surface area contributed by atoms with Crippen LogP contribution in [-0.4, -0.2) is 17.9 Å². The lowest BCUT2D eigenvalue weighted by atomic mass is 9.88. The Kier molecular flexibility index (Phi) is 22.5. The molecule has 0 aromatic carbocycles. The van der Waals surface area contributed by atoms with Crippen LogP contribution in [0.2, 0.25) is 0 Å². The van der Waals surface area contributed by atoms with Crippen LogP contribution in [0, 0.1) is 5.92 Å². The summed E-state index contributed by atoms with van der Waals surface area (Å²) in [4.78, 5) is 35.3. The molecule has 1 atom stereocenters. The molecule has 3 heteroatoms. The van der Waals surface area contributed by atoms with Gasteiger partial charge in [0.05, 0.1) is 6.42 Å². The summed E-state index contributed by atoms with van der Waals surface area (Å²) in [7, 11) is 0. The van der Waals surface area contributed by atoms with Crippen LogP contribution >= 0.6 is 0 Å². The zero-order chi connectivity index (χ0) is 23.0. The van der Waals surface area contributed by atoms with E-state index in [0.29, 0.717) is 12.7 Å². The predicted octanol–water partition coefficient (Wildman–Crippen LogP) is 8.34. The first kappa shape index (κ1) is 29.8. The van der Waals surface area contributed by atoms with E-state index in [1.165, 1.54) is 64.2 Å². The highest BCUT2D eigenvalue weighted by Gasteiger charge is 2.20. The van der Waals surface area contributed by atoms with Gasteiger partial charge in [-0.3, -0.25) is 9.59 Å². The summed E-state index contributed by atoms with van der Waals surface area (Å²) in [6.07, 6.45) is 26.0. The van der Waals surface area contributed by atoms with E-state index in [0.717, 1.165) is 44.9 Å². The van der Waals surface area contributed by atoms with Crippen molar-refractivity contribution in [1.29, 1.82) is 0 Å². The lowest BCUT2D eigenvalue weighted by molar-refractivity contribution is -0.129. The fraction of sp³-hybridized carbons (Fsp3) is 0.821. The summed E-state index contributed by atoms with van der Waals surface area (Å²) in [5.41, 5.74) is 0. The second-order valence-electron chi connectivity index (χ2n) is 9.11. The van der Waals surface area contributed by atoms with Gasteiger partial charge in [0.2, 0.25) is 0 Å². The van der Waals surface area contributed by atoms with Crippen LogP contribution in [0.5, 0.6) is 0 Å². The van der Waals surface area contributed by atoms with E-state index in [-0.39, 0.29) is 30.3 Å². The number of carbonyl (C=O) groups is 3. The molecule has 0 fully saturated rings. The van der Waals surface area contributed by atoms with E-state index >= 15 is 0 Å². The van der Waals surface area contributed by atoms with Gasteiger partial charge in [-0.15, -0.1) is 0 Å². The maximum atomic E-state index is 12.7. The van der Waals surface area contributed by atoms with E-state index in [4.69, 9.17) is 0 Å². The number of rotatable bonds is 24. The highest BCUT2D eigenvalue weighted by molar-refractivity contribution is 5.93. The smallest absolute Gasteiger partial charge is 0.140 e. The van der Waals surface area contributed by atoms with Gasteiger partial charge in [0, 0.05) is 18.8 Å². The molecular formula is C28H50O3. The number of ketones is 2. The van der Waals surface area contributed by atoms with Crippen LogP contribution in [0.3, 0.4) is 0 Å². The van der Waals surface area contributed by atoms with Crippen molar-refractivity contribution in [2.45, 2.75) is 142 Å². The second kappa shape index (κ2) is 23.4. The van der Waals surface area contributed by atoms with E-state index in [2.05, 4.69) is 26.0 Å². The number of hydrogen-bond acceptors (Lipinski definition) is 3. The molecule has 0 saturated carbocycles. The molecule has 31 heavy (non-hydrogen) atoms. The third-order valence-corrected chi connectivity index (χ3v) is 6.08. The maximum Gasteiger partial charge on any atom is 0.140 e. The number of aldehydes is 1. The van der Waals surface area contributed by atoms with Crippen molar-refractivity contribution in [3.8, 4) is 0 Å². The van der Waals surface area contributed by atoms with Gasteiger partial charge in [-0.05, 0) is 38.5 Å². The van der Waals surface area contributed by atoms with Crippen molar-refractivity contribution >= 4 is 17.9 Å². The summed E-state index contributed by atoms with van der Waals surface area (Å²) < 4.78 is 0. The minimum Gasteiger partial charge on any atom is -0.303 e. The molecule has 0 aliphatic heterocycles. The molecule has 0 aromatic rings. The van der Waals surface area contributed by atoms with Crippen LogP contribution in [0.25, 0.3) is 0 Å². The van der Waals surface area contributed by atoms with Crippen molar-refractivity contribution in [3.05, 3.63) is 12.2 Å². The summed E-state index contributed by atoms with van der Waals surface area (Å²) in [6.45, 7) is 4.46. The third-order valence-electron chi connectivity index (χ3n) is 6.08. The summed E-state index contributed by atoms with van der Waals surface area (Å²) in [5, 5.41) is 0. The molecule has 0 radical (unpaired) electrons. The average Bonchev–Trinajstić information content (AvgIpc) is 2.76. The van der Waals surface area contributed by atoms with Crippen LogP contribution in [0.1, 0.15) is 142 Å². The van der Waals surface area contributed by atoms with Crippen LogP contribution < -0.4 is 0 Å². The van der Waals surface area contributed by atoms with Gasteiger partial charge in [0.15, 0.2) is 0 Å². The Hall–Kier alpha value is -1.25. The Morgan fingerprint density at radius 1 is 0.677 bits per heavy atom. The van der Waals surface area contributed by atoms with Crippen molar-refractivity contribution < 1.29 is 14.4 Å². The summed E-state index contributed by atoms with van der Waals surface area (Å²) >= 11 is 0. The van der Waals surface area contributed by atoms with E-state index in [1.54, 1.807) is 0 Å². The molecule has 3 nitrogen and oxygen atoms in total. The van der Waals surface area contributed by atoms with Crippen LogP contribution in [-0.2, 0) is 14.4 Å². The van der Waals surface area contributed by atoms with Crippen molar-refractivity contribution in [2.75, 3.05) is 0 Å². The Balaban J connectivity index is 4.05. The molecular weight excluding hydrogens is 384 g/mol. The second-order valence-corrected chi connectivity index (χ2v) is 9.11. The SMILES string of the molecule is CCCCCCC=CCCCCCC(=O)C(CCCCCCCCC)CC(=O)CC=O. The monoisotopic (exact) mass is 434 g/mol. The van der Waals surface area contributed by atoms with Gasteiger partial charge in [0.25, 0.3) is 0 Å². The largest absolute Gasteiger partial charge is 0.303 e. The zero-order valence-corrected chi connectivity index (χ0v) is 20.7. The molecule has 0 spiro atoms. The molecule has 0 heterocycles. The molecule has 0 aliphatic carbocycles. The highest BCUT2D eigenvalue weighted by atomic mass is 16.1. The Morgan fingerprint density at radius 3 is 1.77 bits per heavy atom. The molecule has 0 rings (SSSR count). The summed E-state index contributed by atoms with van der Waals surface area (Å²) in [5.74, 6) is -0.0248. The Bertz CT molecular complexity index is 467. The minimum absolute atomic E-state index is 0.0500. The number of Topliss-reactive ketones (excluding diaryl/α,β-unsaturated/α-hetero) is 2. The summed E-state index contributed by atoms with van der Waals surface area (Å²) in [6, 6.07) is 0. The molecule has 0 bridgehead atoms. The van der Waals surface area contributed by atoms with Crippen molar-refractivity contribution in [3.63, 3.8) is 0 Å². The molecule has 0 saturated heterocycles. The van der Waals surface area contributed by atoms with Gasteiger partial charge in [0.1, 0.15) is 17.9 Å². The minimum atomic E-state index is -0.175. The van der Waals surface area contributed by atoms with Gasteiger partial charge in [-0.25, -0.2) is 0 Å². The fourth-order valence-electron chi connectivity index (χ4n) is 4.04. The van der Waals surface area contributed by atoms with Gasteiger partial charge >= 0.3 is 0 Å². The molecule has 0 aromatic heterocycles. The molecule has 1 unspecified atom stereocenters. The number of hydrogen-bond donors (Lipinski definition) is 0. The third kappa shape index (κ3) is 20.4. The Morgan fingerprint density at radius 2 is 1.19 bits per heavy atom. The molecule has 0 N–H and O–H groups in total. The number of carbonyl (C=O) groups excluding carboxylic acids is 3. The predicted molar refractivity (Wildman–Crippen MR) is 132 cm³/mol. The van der Waals surface area contributed by atoms with Crippen molar-refractivity contribution in [2.24, 2.45) is 5.92 Å². The zero-order valence-electron chi connectivity index (χ0n) is 20.7. The lowest BCUT2D eigenvalue weighted by Gasteiger charge is -2.15. The maximum absolute atomic E-state index is 12.7. The van der Waals surface area contributed by atoms with Gasteiger partial charge < -0.3 is 4.79 Å². The molecule has 180 valence electrons. The van der Waals surface area contributed by atoms with Crippen LogP contribution in [0.15, 0.2) is 12.2 Å². The van der Waals surface area contributed by atoms with Gasteiger partial charge in [-0.2, -0.15) is 0 Å². The topological polar surface area (TPSA) is 51.2 Å². The fourth-order valence-corrected chi connectivity index (χ4v) is 4.04. The first-order chi connectivity index (χ1) is 15.2. The van der Waals surface area contributed by atoms with E-state index < -0.39 is 0 Å². The highest BCUT2D eigenvalue weighted by Crippen LogP contribution is 2.20. The average molecular weight is 435 g/mol. The number of unbranched alkanes of at least 4 members (excludes halogenated alkanes) is 13. The van der Waals surface area contributed by atoms with Crippen molar-refractivity contribution in [1.82, 2.24) is 0 Å². The van der Waals surface area contributed by atoms with Crippen LogP contribution in [0.4, 0.5) is 0 Å². The van der Waals surface area contributed by atoms with E-state index in [1.807, 2.05) is 0 Å².